The summed E-state index contributed by atoms with van der Waals surface area (Å²) in [7, 11) is 2.01. The smallest absolute Gasteiger partial charge is 0.242 e. The van der Waals surface area contributed by atoms with Gasteiger partial charge < -0.3 is 20.4 Å². The molecule has 1 unspecified atom stereocenters. The zero-order chi connectivity index (χ0) is 26.0. The van der Waals surface area contributed by atoms with Gasteiger partial charge in [-0.15, -0.1) is 0 Å². The Balaban J connectivity index is 1.45. The Hall–Kier alpha value is -2.86. The molecule has 2 amide bonds. The highest BCUT2D eigenvalue weighted by Crippen LogP contribution is 2.37. The van der Waals surface area contributed by atoms with E-state index in [1.54, 1.807) is 11.0 Å². The first-order valence-electron chi connectivity index (χ1n) is 11.9. The molecule has 2 N–H and O–H groups in total. The lowest BCUT2D eigenvalue weighted by Crippen LogP contribution is -2.42. The SMILES string of the molecule is CC1c2c(Cl)cc(Cl)cc2CCN1C(=O)CNc1cc(NC(=O)C2CCN(C)CC2)c(C#N)cc1F. The first-order chi connectivity index (χ1) is 17.2. The number of fused-ring (bicyclic) bond motifs is 1. The summed E-state index contributed by atoms with van der Waals surface area (Å²) < 4.78 is 14.7. The van der Waals surface area contributed by atoms with Crippen LogP contribution in [-0.2, 0) is 16.0 Å². The maximum atomic E-state index is 14.7. The van der Waals surface area contributed by atoms with Crippen molar-refractivity contribution >= 4 is 46.4 Å². The molecule has 190 valence electrons. The van der Waals surface area contributed by atoms with Gasteiger partial charge in [0.1, 0.15) is 11.9 Å². The van der Waals surface area contributed by atoms with Gasteiger partial charge in [-0.05, 0) is 81.7 Å². The van der Waals surface area contributed by atoms with Crippen LogP contribution in [-0.4, -0.2) is 54.8 Å². The van der Waals surface area contributed by atoms with Crippen LogP contribution in [0.1, 0.15) is 42.5 Å². The fourth-order valence-electron chi connectivity index (χ4n) is 4.93. The molecular formula is C26H28Cl2FN5O2. The average molecular weight is 532 g/mol. The minimum absolute atomic E-state index is 0.0280. The van der Waals surface area contributed by atoms with Crippen molar-refractivity contribution < 1.29 is 14.0 Å². The number of nitriles is 1. The summed E-state index contributed by atoms with van der Waals surface area (Å²) in [4.78, 5) is 29.7. The molecular weight excluding hydrogens is 504 g/mol. The molecule has 36 heavy (non-hydrogen) atoms. The van der Waals surface area contributed by atoms with Crippen LogP contribution in [0, 0.1) is 23.1 Å². The van der Waals surface area contributed by atoms with E-state index in [9.17, 15) is 19.2 Å². The fraction of sp³-hybridized carbons (Fsp3) is 0.423. The maximum absolute atomic E-state index is 14.7. The second-order valence-corrected chi connectivity index (χ2v) is 10.2. The summed E-state index contributed by atoms with van der Waals surface area (Å²) in [6.45, 7) is 3.86. The lowest BCUT2D eigenvalue weighted by Gasteiger charge is -2.36. The third-order valence-electron chi connectivity index (χ3n) is 7.01. The van der Waals surface area contributed by atoms with Crippen molar-refractivity contribution in [1.29, 1.82) is 5.26 Å². The normalized spacial score (nSPS) is 18.3. The van der Waals surface area contributed by atoms with Crippen LogP contribution >= 0.6 is 23.2 Å². The fourth-order valence-corrected chi connectivity index (χ4v) is 5.62. The molecule has 2 aromatic carbocycles. The highest BCUT2D eigenvalue weighted by Gasteiger charge is 2.30. The Bertz CT molecular complexity index is 1220. The quantitative estimate of drug-likeness (QED) is 0.576. The van der Waals surface area contributed by atoms with E-state index >= 15 is 0 Å². The standard InChI is InChI=1S/C26H28Cl2FN5O2/c1-15-25-17(9-19(27)11-20(25)28)5-8-34(15)24(35)14-31-23-12-22(18(13-30)10-21(23)29)32-26(36)16-3-6-33(2)7-4-16/h9-12,15-16,31H,3-8,14H2,1-2H3,(H,32,36). The zero-order valence-corrected chi connectivity index (χ0v) is 21.7. The van der Waals surface area contributed by atoms with Crippen molar-refractivity contribution in [2.24, 2.45) is 5.92 Å². The number of carbonyl (C=O) groups excluding carboxylic acids is 2. The van der Waals surface area contributed by atoms with E-state index in [1.165, 1.54) is 6.07 Å². The molecule has 2 aliphatic heterocycles. The summed E-state index contributed by atoms with van der Waals surface area (Å²) in [5, 5.41) is 16.2. The Morgan fingerprint density at radius 3 is 2.56 bits per heavy atom. The topological polar surface area (TPSA) is 88.5 Å². The summed E-state index contributed by atoms with van der Waals surface area (Å²) in [6.07, 6.45) is 2.06. The minimum atomic E-state index is -0.675. The number of nitrogens with zero attached hydrogens (tertiary/aromatic N) is 3. The number of likely N-dealkylation sites (tertiary alicyclic amines) is 1. The van der Waals surface area contributed by atoms with Crippen molar-refractivity contribution in [3.63, 3.8) is 0 Å². The molecule has 4 rings (SSSR count). The summed E-state index contributed by atoms with van der Waals surface area (Å²) in [6, 6.07) is 7.65. The minimum Gasteiger partial charge on any atom is -0.374 e. The van der Waals surface area contributed by atoms with Crippen molar-refractivity contribution in [3.05, 3.63) is 56.8 Å². The number of amides is 2. The van der Waals surface area contributed by atoms with E-state index in [0.29, 0.717) is 23.0 Å². The highest BCUT2D eigenvalue weighted by molar-refractivity contribution is 6.35. The van der Waals surface area contributed by atoms with Gasteiger partial charge in [-0.3, -0.25) is 9.59 Å². The molecule has 10 heteroatoms. The number of nitrogens with one attached hydrogen (secondary N) is 2. The van der Waals surface area contributed by atoms with E-state index in [0.717, 1.165) is 43.1 Å². The van der Waals surface area contributed by atoms with Gasteiger partial charge in [-0.1, -0.05) is 23.2 Å². The van der Waals surface area contributed by atoms with Crippen molar-refractivity contribution in [2.75, 3.05) is 43.9 Å². The van der Waals surface area contributed by atoms with E-state index < -0.39 is 5.82 Å². The first kappa shape index (κ1) is 26.2. The van der Waals surface area contributed by atoms with Crippen LogP contribution in [0.25, 0.3) is 0 Å². The second-order valence-electron chi connectivity index (χ2n) is 9.38. The molecule has 0 aliphatic carbocycles. The molecule has 0 spiro atoms. The largest absolute Gasteiger partial charge is 0.374 e. The van der Waals surface area contributed by atoms with Crippen molar-refractivity contribution in [1.82, 2.24) is 9.80 Å². The number of anilines is 2. The molecule has 1 fully saturated rings. The predicted octanol–water partition coefficient (Wildman–Crippen LogP) is 4.84. The Morgan fingerprint density at radius 1 is 1.14 bits per heavy atom. The predicted molar refractivity (Wildman–Crippen MR) is 139 cm³/mol. The zero-order valence-electron chi connectivity index (χ0n) is 20.2. The Kier molecular flexibility index (Phi) is 8.04. The average Bonchev–Trinajstić information content (AvgIpc) is 2.83. The molecule has 0 radical (unpaired) electrons. The van der Waals surface area contributed by atoms with E-state index in [-0.39, 0.29) is 47.3 Å². The molecule has 7 nitrogen and oxygen atoms in total. The number of halogens is 3. The molecule has 2 aromatic rings. The molecule has 0 aromatic heterocycles. The van der Waals surface area contributed by atoms with Crippen molar-refractivity contribution in [2.45, 2.75) is 32.2 Å². The Labute approximate surface area is 220 Å². The molecule has 1 saturated heterocycles. The molecule has 0 saturated carbocycles. The molecule has 2 heterocycles. The first-order valence-corrected chi connectivity index (χ1v) is 12.7. The van der Waals surface area contributed by atoms with E-state index in [1.807, 2.05) is 26.1 Å². The van der Waals surface area contributed by atoms with Crippen LogP contribution in [0.4, 0.5) is 15.8 Å². The third kappa shape index (κ3) is 5.59. The van der Waals surface area contributed by atoms with Crippen LogP contribution in [0.3, 0.4) is 0 Å². The van der Waals surface area contributed by atoms with Gasteiger partial charge in [0.05, 0.1) is 29.5 Å². The number of hydrogen-bond donors (Lipinski definition) is 2. The van der Waals surface area contributed by atoms with E-state index in [4.69, 9.17) is 23.2 Å². The monoisotopic (exact) mass is 531 g/mol. The number of carbonyl (C=O) groups is 2. The number of rotatable bonds is 5. The molecule has 0 bridgehead atoms. The van der Waals surface area contributed by atoms with Crippen LogP contribution < -0.4 is 10.6 Å². The van der Waals surface area contributed by atoms with Gasteiger partial charge in [-0.25, -0.2) is 4.39 Å². The highest BCUT2D eigenvalue weighted by atomic mass is 35.5. The van der Waals surface area contributed by atoms with Gasteiger partial charge in [0.2, 0.25) is 11.8 Å². The second kappa shape index (κ2) is 11.0. The van der Waals surface area contributed by atoms with E-state index in [2.05, 4.69) is 15.5 Å². The van der Waals surface area contributed by atoms with Gasteiger partial charge in [0.25, 0.3) is 0 Å². The summed E-state index contributed by atoms with van der Waals surface area (Å²) >= 11 is 12.5. The molecule has 2 aliphatic rings. The number of piperidine rings is 1. The number of hydrogen-bond acceptors (Lipinski definition) is 5. The third-order valence-corrected chi connectivity index (χ3v) is 7.54. The lowest BCUT2D eigenvalue weighted by atomic mass is 9.93. The van der Waals surface area contributed by atoms with Crippen molar-refractivity contribution in [3.8, 4) is 6.07 Å². The van der Waals surface area contributed by atoms with Gasteiger partial charge >= 0.3 is 0 Å². The van der Waals surface area contributed by atoms with Crippen LogP contribution in [0.15, 0.2) is 24.3 Å². The maximum Gasteiger partial charge on any atom is 0.242 e. The summed E-state index contributed by atoms with van der Waals surface area (Å²) in [5.41, 5.74) is 2.17. The van der Waals surface area contributed by atoms with Gasteiger partial charge in [0, 0.05) is 22.5 Å². The van der Waals surface area contributed by atoms with Crippen LogP contribution in [0.5, 0.6) is 0 Å². The molecule has 1 atom stereocenters. The van der Waals surface area contributed by atoms with Crippen LogP contribution in [0.2, 0.25) is 10.0 Å². The Morgan fingerprint density at radius 2 is 1.86 bits per heavy atom. The number of benzene rings is 2. The van der Waals surface area contributed by atoms with Gasteiger partial charge in [-0.2, -0.15) is 5.26 Å². The summed E-state index contributed by atoms with van der Waals surface area (Å²) in [5.74, 6) is -1.25. The lowest BCUT2D eigenvalue weighted by molar-refractivity contribution is -0.131. The van der Waals surface area contributed by atoms with Gasteiger partial charge in [0.15, 0.2) is 0 Å².